The zero-order valence-electron chi connectivity index (χ0n) is 10.5. The van der Waals surface area contributed by atoms with Gasteiger partial charge in [0, 0.05) is 18.5 Å². The largest absolute Gasteiger partial charge is 0.299 e. The molecule has 17 heavy (non-hydrogen) atoms. The van der Waals surface area contributed by atoms with Gasteiger partial charge in [0.05, 0.1) is 10.2 Å². The Morgan fingerprint density at radius 1 is 1.47 bits per heavy atom. The third-order valence-electron chi connectivity index (χ3n) is 2.90. The van der Waals surface area contributed by atoms with E-state index in [-0.39, 0.29) is 0 Å². The van der Waals surface area contributed by atoms with Gasteiger partial charge in [-0.2, -0.15) is 5.10 Å². The maximum absolute atomic E-state index is 4.43. The molecule has 5 heteroatoms. The van der Waals surface area contributed by atoms with E-state index < -0.39 is 0 Å². The number of aryl methyl sites for hydroxylation is 1. The van der Waals surface area contributed by atoms with Crippen molar-refractivity contribution in [1.82, 2.24) is 14.7 Å². The summed E-state index contributed by atoms with van der Waals surface area (Å²) in [5.74, 6) is 0. The minimum atomic E-state index is 1.07. The maximum Gasteiger partial charge on any atom is 0.141 e. The van der Waals surface area contributed by atoms with Gasteiger partial charge in [-0.3, -0.25) is 9.58 Å². The van der Waals surface area contributed by atoms with Crippen LogP contribution in [0.15, 0.2) is 6.07 Å². The van der Waals surface area contributed by atoms with E-state index in [1.54, 1.807) is 0 Å². The summed E-state index contributed by atoms with van der Waals surface area (Å²) in [4.78, 5) is 3.94. The van der Waals surface area contributed by atoms with Gasteiger partial charge < -0.3 is 0 Å². The average Bonchev–Trinajstić information content (AvgIpc) is 2.81. The lowest BCUT2D eigenvalue weighted by Crippen LogP contribution is -2.22. The molecular weight excluding hydrogens is 345 g/mol. The predicted octanol–water partition coefficient (Wildman–Crippen LogP) is 3.47. The molecule has 0 unspecified atom stereocenters. The Morgan fingerprint density at radius 2 is 2.24 bits per heavy atom. The van der Waals surface area contributed by atoms with Crippen molar-refractivity contribution in [2.75, 3.05) is 13.1 Å². The molecule has 2 rings (SSSR count). The van der Waals surface area contributed by atoms with Crippen LogP contribution >= 0.6 is 33.9 Å². The van der Waals surface area contributed by atoms with E-state index in [4.69, 9.17) is 0 Å². The van der Waals surface area contributed by atoms with Gasteiger partial charge in [-0.25, -0.2) is 0 Å². The van der Waals surface area contributed by atoms with Gasteiger partial charge in [0.2, 0.25) is 0 Å². The molecule has 0 bridgehead atoms. The Balaban J connectivity index is 2.21. The van der Waals surface area contributed by atoms with Gasteiger partial charge in [0.25, 0.3) is 0 Å². The van der Waals surface area contributed by atoms with Crippen LogP contribution in [0, 0.1) is 3.70 Å². The van der Waals surface area contributed by atoms with Crippen LogP contribution in [0.2, 0.25) is 0 Å². The molecule has 0 N–H and O–H groups in total. The molecule has 0 aliphatic rings. The fraction of sp³-hybridized carbons (Fsp3) is 0.583. The van der Waals surface area contributed by atoms with Crippen LogP contribution in [0.3, 0.4) is 0 Å². The summed E-state index contributed by atoms with van der Waals surface area (Å²) in [5, 5.41) is 4.43. The Labute approximate surface area is 120 Å². The molecule has 2 aromatic heterocycles. The topological polar surface area (TPSA) is 21.1 Å². The van der Waals surface area contributed by atoms with Crippen LogP contribution < -0.4 is 0 Å². The number of nitrogens with zero attached hydrogens (tertiary/aromatic N) is 3. The summed E-state index contributed by atoms with van der Waals surface area (Å²) in [7, 11) is 2.02. The molecular formula is C12H18IN3S. The van der Waals surface area contributed by atoms with Crippen molar-refractivity contribution in [3.05, 3.63) is 14.6 Å². The summed E-state index contributed by atoms with van der Waals surface area (Å²) in [5.41, 5.74) is 1.27. The first-order valence-electron chi connectivity index (χ1n) is 5.99. The molecule has 0 spiro atoms. The molecule has 0 saturated carbocycles. The second-order valence-electron chi connectivity index (χ2n) is 4.21. The molecule has 0 saturated heterocycles. The van der Waals surface area contributed by atoms with E-state index in [2.05, 4.69) is 52.5 Å². The fourth-order valence-electron chi connectivity index (χ4n) is 2.01. The molecule has 0 aromatic carbocycles. The standard InChI is InChI=1S/C12H18IN3S/c1-4-6-16(5-2)8-9-7-10-11(17-9)12(13)14-15(10)3/h7H,4-6,8H2,1-3H3. The van der Waals surface area contributed by atoms with Crippen LogP contribution in [0.4, 0.5) is 0 Å². The molecule has 0 amide bonds. The van der Waals surface area contributed by atoms with Gasteiger partial charge in [0.1, 0.15) is 3.70 Å². The van der Waals surface area contributed by atoms with Crippen LogP contribution in [-0.4, -0.2) is 27.8 Å². The summed E-state index contributed by atoms with van der Waals surface area (Å²) in [6.45, 7) is 7.84. The Morgan fingerprint density at radius 3 is 2.82 bits per heavy atom. The molecule has 94 valence electrons. The Bertz CT molecular complexity index is 469. The van der Waals surface area contributed by atoms with E-state index in [0.717, 1.165) is 16.8 Å². The third kappa shape index (κ3) is 2.82. The molecule has 0 aliphatic carbocycles. The number of halogens is 1. The summed E-state index contributed by atoms with van der Waals surface area (Å²) in [6.07, 6.45) is 1.22. The smallest absolute Gasteiger partial charge is 0.141 e. The van der Waals surface area contributed by atoms with Crippen LogP contribution in [-0.2, 0) is 13.6 Å². The lowest BCUT2D eigenvalue weighted by Gasteiger charge is -2.18. The van der Waals surface area contributed by atoms with Crippen molar-refractivity contribution in [1.29, 1.82) is 0 Å². The first-order valence-corrected chi connectivity index (χ1v) is 7.88. The second kappa shape index (κ2) is 5.67. The molecule has 0 atom stereocenters. The fourth-order valence-corrected chi connectivity index (χ4v) is 4.04. The number of hydrogen-bond acceptors (Lipinski definition) is 3. The van der Waals surface area contributed by atoms with Crippen molar-refractivity contribution >= 4 is 44.1 Å². The first kappa shape index (κ1) is 13.3. The molecule has 2 aromatic rings. The normalized spacial score (nSPS) is 11.8. The maximum atomic E-state index is 4.43. The van der Waals surface area contributed by atoms with Crippen molar-refractivity contribution in [3.63, 3.8) is 0 Å². The van der Waals surface area contributed by atoms with E-state index in [0.29, 0.717) is 0 Å². The highest BCUT2D eigenvalue weighted by Crippen LogP contribution is 2.29. The molecule has 0 fully saturated rings. The number of aromatic nitrogens is 2. The predicted molar refractivity (Wildman–Crippen MR) is 82.6 cm³/mol. The molecule has 3 nitrogen and oxygen atoms in total. The van der Waals surface area contributed by atoms with Crippen molar-refractivity contribution in [3.8, 4) is 0 Å². The van der Waals surface area contributed by atoms with Gasteiger partial charge >= 0.3 is 0 Å². The summed E-state index contributed by atoms with van der Waals surface area (Å²) in [6, 6.07) is 2.29. The summed E-state index contributed by atoms with van der Waals surface area (Å²) >= 11 is 4.20. The monoisotopic (exact) mass is 363 g/mol. The second-order valence-corrected chi connectivity index (χ2v) is 6.37. The van der Waals surface area contributed by atoms with E-state index >= 15 is 0 Å². The van der Waals surface area contributed by atoms with E-state index in [1.165, 1.54) is 28.1 Å². The van der Waals surface area contributed by atoms with Crippen LogP contribution in [0.1, 0.15) is 25.1 Å². The van der Waals surface area contributed by atoms with Gasteiger partial charge in [0.15, 0.2) is 0 Å². The number of fused-ring (bicyclic) bond motifs is 1. The van der Waals surface area contributed by atoms with E-state index in [9.17, 15) is 0 Å². The lowest BCUT2D eigenvalue weighted by atomic mass is 10.3. The minimum Gasteiger partial charge on any atom is -0.299 e. The molecule has 0 radical (unpaired) electrons. The van der Waals surface area contributed by atoms with Crippen LogP contribution in [0.25, 0.3) is 10.2 Å². The number of rotatable bonds is 5. The van der Waals surface area contributed by atoms with Gasteiger partial charge in [-0.1, -0.05) is 13.8 Å². The van der Waals surface area contributed by atoms with E-state index in [1.807, 2.05) is 23.1 Å². The average molecular weight is 363 g/mol. The van der Waals surface area contributed by atoms with Crippen LogP contribution in [0.5, 0.6) is 0 Å². The highest BCUT2D eigenvalue weighted by molar-refractivity contribution is 14.1. The molecule has 0 aliphatic heterocycles. The lowest BCUT2D eigenvalue weighted by molar-refractivity contribution is 0.283. The highest BCUT2D eigenvalue weighted by atomic mass is 127. The number of hydrogen-bond donors (Lipinski definition) is 0. The van der Waals surface area contributed by atoms with Crippen molar-refractivity contribution in [2.24, 2.45) is 7.05 Å². The Hall–Kier alpha value is -0.140. The first-order chi connectivity index (χ1) is 8.15. The quantitative estimate of drug-likeness (QED) is 0.759. The SMILES string of the molecule is CCCN(CC)Cc1cc2c(s1)c(I)nn2C. The molecule has 2 heterocycles. The van der Waals surface area contributed by atoms with Crippen molar-refractivity contribution < 1.29 is 0 Å². The Kier molecular flexibility index (Phi) is 4.43. The minimum absolute atomic E-state index is 1.07. The summed E-state index contributed by atoms with van der Waals surface area (Å²) < 4.78 is 4.43. The van der Waals surface area contributed by atoms with Gasteiger partial charge in [-0.15, -0.1) is 11.3 Å². The third-order valence-corrected chi connectivity index (χ3v) is 5.14. The number of thiophene rings is 1. The zero-order valence-corrected chi connectivity index (χ0v) is 13.5. The van der Waals surface area contributed by atoms with Crippen molar-refractivity contribution in [2.45, 2.75) is 26.8 Å². The highest BCUT2D eigenvalue weighted by Gasteiger charge is 2.12. The zero-order chi connectivity index (χ0) is 12.4. The van der Waals surface area contributed by atoms with Gasteiger partial charge in [-0.05, 0) is 48.2 Å².